The second kappa shape index (κ2) is 4.03. The molecule has 0 radical (unpaired) electrons. The van der Waals surface area contributed by atoms with E-state index in [0.29, 0.717) is 5.41 Å². The molecule has 0 aromatic carbocycles. The van der Waals surface area contributed by atoms with Gasteiger partial charge in [-0.05, 0) is 53.8 Å². The molecule has 2 aliphatic rings. The first-order valence-electron chi connectivity index (χ1n) is 7.39. The average Bonchev–Trinajstić information content (AvgIpc) is 2.68. The third kappa shape index (κ3) is 1.73. The van der Waals surface area contributed by atoms with Crippen molar-refractivity contribution in [1.82, 2.24) is 0 Å². The molecule has 0 saturated heterocycles. The first-order chi connectivity index (χ1) is 7.39. The van der Waals surface area contributed by atoms with Crippen LogP contribution in [0.4, 0.5) is 0 Å². The number of hydrogen-bond donors (Lipinski definition) is 0. The van der Waals surface area contributed by atoms with Crippen molar-refractivity contribution in [1.29, 1.82) is 0 Å². The molecule has 2 fully saturated rings. The summed E-state index contributed by atoms with van der Waals surface area (Å²) in [6.45, 7) is 14.7. The Morgan fingerprint density at radius 3 is 2.31 bits per heavy atom. The Morgan fingerprint density at radius 2 is 1.81 bits per heavy atom. The number of hydrogen-bond acceptors (Lipinski definition) is 0. The van der Waals surface area contributed by atoms with Gasteiger partial charge in [0.25, 0.3) is 0 Å². The summed E-state index contributed by atoms with van der Waals surface area (Å²) in [5, 5.41) is 0. The fourth-order valence-corrected chi connectivity index (χ4v) is 4.61. The van der Waals surface area contributed by atoms with Crippen LogP contribution in [0.1, 0.15) is 60.8 Å². The van der Waals surface area contributed by atoms with Gasteiger partial charge in [0.2, 0.25) is 0 Å². The minimum atomic E-state index is 0.652. The standard InChI is InChI=1S/C16H30/c1-10(2)7-8-13-9-14-12(5)15(14)16(13,6)11(3)4/h10-15H,7-9H2,1-6H3. The van der Waals surface area contributed by atoms with E-state index in [0.717, 1.165) is 35.5 Å². The van der Waals surface area contributed by atoms with Crippen molar-refractivity contribution >= 4 is 0 Å². The normalized spacial score (nSPS) is 46.5. The van der Waals surface area contributed by atoms with Crippen LogP contribution in [0.5, 0.6) is 0 Å². The van der Waals surface area contributed by atoms with Gasteiger partial charge in [-0.2, -0.15) is 0 Å². The fourth-order valence-electron chi connectivity index (χ4n) is 4.61. The van der Waals surface area contributed by atoms with Crippen molar-refractivity contribution in [3.8, 4) is 0 Å². The van der Waals surface area contributed by atoms with Crippen molar-refractivity contribution in [3.05, 3.63) is 0 Å². The van der Waals surface area contributed by atoms with E-state index in [1.54, 1.807) is 0 Å². The minimum absolute atomic E-state index is 0.652. The van der Waals surface area contributed by atoms with Gasteiger partial charge in [0.15, 0.2) is 0 Å². The van der Waals surface area contributed by atoms with Gasteiger partial charge < -0.3 is 0 Å². The molecule has 2 rings (SSSR count). The lowest BCUT2D eigenvalue weighted by Crippen LogP contribution is -2.33. The average molecular weight is 222 g/mol. The van der Waals surface area contributed by atoms with Crippen LogP contribution in [0.2, 0.25) is 0 Å². The first kappa shape index (κ1) is 12.5. The lowest BCUT2D eigenvalue weighted by atomic mass is 9.65. The molecule has 94 valence electrons. The van der Waals surface area contributed by atoms with E-state index in [2.05, 4.69) is 41.5 Å². The Labute approximate surface area is 102 Å². The third-order valence-corrected chi connectivity index (χ3v) is 6.05. The summed E-state index contributed by atoms with van der Waals surface area (Å²) in [5.41, 5.74) is 0.652. The van der Waals surface area contributed by atoms with E-state index in [1.807, 2.05) is 0 Å². The van der Waals surface area contributed by atoms with Crippen LogP contribution in [-0.2, 0) is 0 Å². The number of rotatable bonds is 4. The Bertz CT molecular complexity index is 253. The predicted molar refractivity (Wildman–Crippen MR) is 71.3 cm³/mol. The minimum Gasteiger partial charge on any atom is -0.0628 e. The summed E-state index contributed by atoms with van der Waals surface area (Å²) in [4.78, 5) is 0. The van der Waals surface area contributed by atoms with E-state index in [9.17, 15) is 0 Å². The van der Waals surface area contributed by atoms with Crippen LogP contribution in [0.15, 0.2) is 0 Å². The Hall–Kier alpha value is 0. The lowest BCUT2D eigenvalue weighted by molar-refractivity contribution is 0.0905. The van der Waals surface area contributed by atoms with Gasteiger partial charge in [-0.1, -0.05) is 48.0 Å². The Morgan fingerprint density at radius 1 is 1.19 bits per heavy atom. The molecule has 0 bridgehead atoms. The summed E-state index contributed by atoms with van der Waals surface area (Å²) >= 11 is 0. The van der Waals surface area contributed by atoms with Crippen LogP contribution in [-0.4, -0.2) is 0 Å². The molecule has 0 aromatic rings. The molecule has 16 heavy (non-hydrogen) atoms. The maximum Gasteiger partial charge on any atom is -0.0241 e. The van der Waals surface area contributed by atoms with Gasteiger partial charge in [0, 0.05) is 0 Å². The predicted octanol–water partition coefficient (Wildman–Crippen LogP) is 4.99. The largest absolute Gasteiger partial charge is 0.0628 e. The summed E-state index contributed by atoms with van der Waals surface area (Å²) in [5.74, 6) is 5.94. The van der Waals surface area contributed by atoms with Gasteiger partial charge in [-0.15, -0.1) is 0 Å². The number of fused-ring (bicyclic) bond motifs is 1. The zero-order chi connectivity index (χ0) is 12.1. The Balaban J connectivity index is 2.04. The molecule has 2 saturated carbocycles. The van der Waals surface area contributed by atoms with Gasteiger partial charge in [-0.25, -0.2) is 0 Å². The molecule has 5 atom stereocenters. The highest BCUT2D eigenvalue weighted by atomic mass is 14.7. The molecule has 0 spiro atoms. The maximum absolute atomic E-state index is 2.59. The van der Waals surface area contributed by atoms with E-state index in [-0.39, 0.29) is 0 Å². The molecule has 0 nitrogen and oxygen atoms in total. The van der Waals surface area contributed by atoms with Crippen molar-refractivity contribution in [2.45, 2.75) is 60.8 Å². The quantitative estimate of drug-likeness (QED) is 0.629. The van der Waals surface area contributed by atoms with Crippen LogP contribution in [0, 0.1) is 40.9 Å². The third-order valence-electron chi connectivity index (χ3n) is 6.05. The molecular weight excluding hydrogens is 192 g/mol. The molecule has 2 aliphatic carbocycles. The van der Waals surface area contributed by atoms with Crippen molar-refractivity contribution in [2.24, 2.45) is 40.9 Å². The van der Waals surface area contributed by atoms with E-state index in [1.165, 1.54) is 19.3 Å². The smallest absolute Gasteiger partial charge is 0.0241 e. The zero-order valence-electron chi connectivity index (χ0n) is 12.1. The fraction of sp³-hybridized carbons (Fsp3) is 1.00. The van der Waals surface area contributed by atoms with Gasteiger partial charge in [-0.3, -0.25) is 0 Å². The van der Waals surface area contributed by atoms with Crippen molar-refractivity contribution < 1.29 is 0 Å². The van der Waals surface area contributed by atoms with Crippen LogP contribution in [0.3, 0.4) is 0 Å². The highest BCUT2D eigenvalue weighted by Crippen LogP contribution is 2.71. The van der Waals surface area contributed by atoms with E-state index in [4.69, 9.17) is 0 Å². The SMILES string of the molecule is CC(C)CCC1CC2C(C)C2C1(C)C(C)C. The maximum atomic E-state index is 2.59. The highest BCUT2D eigenvalue weighted by Gasteiger charge is 2.65. The van der Waals surface area contributed by atoms with Crippen LogP contribution in [0.25, 0.3) is 0 Å². The molecule has 0 heterocycles. The summed E-state index contributed by atoms with van der Waals surface area (Å²) in [6.07, 6.45) is 4.44. The van der Waals surface area contributed by atoms with Crippen LogP contribution < -0.4 is 0 Å². The van der Waals surface area contributed by atoms with Gasteiger partial charge in [0.1, 0.15) is 0 Å². The Kier molecular flexibility index (Phi) is 3.14. The molecule has 0 amide bonds. The topological polar surface area (TPSA) is 0 Å². The molecule has 5 unspecified atom stereocenters. The second-order valence-corrected chi connectivity index (χ2v) is 7.47. The van der Waals surface area contributed by atoms with Gasteiger partial charge >= 0.3 is 0 Å². The molecular formula is C16H30. The van der Waals surface area contributed by atoms with E-state index < -0.39 is 0 Å². The van der Waals surface area contributed by atoms with Crippen molar-refractivity contribution in [2.75, 3.05) is 0 Å². The molecule has 0 aromatic heterocycles. The summed E-state index contributed by atoms with van der Waals surface area (Å²) < 4.78 is 0. The monoisotopic (exact) mass is 222 g/mol. The summed E-state index contributed by atoms with van der Waals surface area (Å²) in [7, 11) is 0. The van der Waals surface area contributed by atoms with E-state index >= 15 is 0 Å². The van der Waals surface area contributed by atoms with Crippen LogP contribution >= 0.6 is 0 Å². The molecule has 0 aliphatic heterocycles. The zero-order valence-corrected chi connectivity index (χ0v) is 12.1. The second-order valence-electron chi connectivity index (χ2n) is 7.47. The highest BCUT2D eigenvalue weighted by molar-refractivity contribution is 5.13. The molecule has 0 N–H and O–H groups in total. The first-order valence-corrected chi connectivity index (χ1v) is 7.39. The van der Waals surface area contributed by atoms with Crippen molar-refractivity contribution in [3.63, 3.8) is 0 Å². The van der Waals surface area contributed by atoms with Gasteiger partial charge in [0.05, 0.1) is 0 Å². The molecule has 0 heteroatoms. The summed E-state index contributed by atoms with van der Waals surface area (Å²) in [6, 6.07) is 0. The lowest BCUT2D eigenvalue weighted by Gasteiger charge is -2.39.